The number of ether oxygens (including phenoxy) is 1. The van der Waals surface area contributed by atoms with Crippen molar-refractivity contribution in [3.8, 4) is 0 Å². The Morgan fingerprint density at radius 1 is 1.35 bits per heavy atom. The summed E-state index contributed by atoms with van der Waals surface area (Å²) < 4.78 is 4.85. The van der Waals surface area contributed by atoms with E-state index >= 15 is 0 Å². The molecule has 0 saturated carbocycles. The predicted molar refractivity (Wildman–Crippen MR) is 66.0 cm³/mol. The van der Waals surface area contributed by atoms with E-state index in [0.717, 1.165) is 0 Å². The quantitative estimate of drug-likeness (QED) is 0.839. The molecule has 1 N–H and O–H groups in total. The van der Waals surface area contributed by atoms with Crippen LogP contribution in [0, 0.1) is 0 Å². The Kier molecular flexibility index (Phi) is 4.72. The van der Waals surface area contributed by atoms with Crippen LogP contribution in [-0.2, 0) is 9.53 Å². The van der Waals surface area contributed by atoms with E-state index in [1.165, 1.54) is 6.92 Å². The number of nitrogens with one attached hydrogen (secondary N) is 1. The highest BCUT2D eigenvalue weighted by atomic mass is 35.5. The highest BCUT2D eigenvalue weighted by molar-refractivity contribution is 6.29. The fourth-order valence-corrected chi connectivity index (χ4v) is 1.17. The summed E-state index contributed by atoms with van der Waals surface area (Å²) in [5.74, 6) is -0.653. The van der Waals surface area contributed by atoms with Crippen LogP contribution >= 0.6 is 11.6 Å². The number of carbonyl (C=O) groups excluding carboxylic acids is 2. The van der Waals surface area contributed by atoms with Crippen LogP contribution in [0.1, 0.15) is 17.3 Å². The van der Waals surface area contributed by atoms with Crippen LogP contribution in [0.3, 0.4) is 0 Å². The molecular weight excluding hydrogens is 242 g/mol. The number of amides is 1. The average molecular weight is 254 g/mol. The summed E-state index contributed by atoms with van der Waals surface area (Å²) in [6, 6.07) is 6.36. The highest BCUT2D eigenvalue weighted by Crippen LogP contribution is 2.11. The van der Waals surface area contributed by atoms with Gasteiger partial charge in [-0.2, -0.15) is 0 Å². The van der Waals surface area contributed by atoms with Gasteiger partial charge in [-0.1, -0.05) is 18.2 Å². The summed E-state index contributed by atoms with van der Waals surface area (Å²) in [5, 5.41) is 2.85. The zero-order valence-electron chi connectivity index (χ0n) is 9.33. The van der Waals surface area contributed by atoms with Crippen molar-refractivity contribution in [2.24, 2.45) is 0 Å². The van der Waals surface area contributed by atoms with E-state index in [0.29, 0.717) is 11.3 Å². The molecule has 1 aromatic rings. The Hall–Kier alpha value is -1.81. The average Bonchev–Trinajstić information content (AvgIpc) is 2.26. The van der Waals surface area contributed by atoms with Crippen molar-refractivity contribution in [2.75, 3.05) is 11.9 Å². The van der Waals surface area contributed by atoms with Gasteiger partial charge in [-0.25, -0.2) is 4.79 Å². The van der Waals surface area contributed by atoms with Crippen LogP contribution in [0.15, 0.2) is 35.9 Å². The zero-order chi connectivity index (χ0) is 12.8. The summed E-state index contributed by atoms with van der Waals surface area (Å²) in [6.45, 7) is 4.80. The van der Waals surface area contributed by atoms with Crippen molar-refractivity contribution >= 4 is 29.2 Å². The molecule has 0 heterocycles. The van der Waals surface area contributed by atoms with Crippen molar-refractivity contribution in [2.45, 2.75) is 6.92 Å². The number of esters is 1. The first-order valence-electron chi connectivity index (χ1n) is 4.87. The number of hydrogen-bond donors (Lipinski definition) is 1. The molecule has 90 valence electrons. The normalized spacial score (nSPS) is 9.53. The van der Waals surface area contributed by atoms with Gasteiger partial charge in [0.2, 0.25) is 5.91 Å². The van der Waals surface area contributed by atoms with E-state index in [1.807, 2.05) is 0 Å². The van der Waals surface area contributed by atoms with Crippen LogP contribution in [-0.4, -0.2) is 18.5 Å². The van der Waals surface area contributed by atoms with Gasteiger partial charge in [-0.15, -0.1) is 0 Å². The lowest BCUT2D eigenvalue weighted by atomic mass is 10.2. The molecule has 1 amide bonds. The molecule has 0 atom stereocenters. The largest absolute Gasteiger partial charge is 0.456 e. The fourth-order valence-electron chi connectivity index (χ4n) is 1.12. The Morgan fingerprint density at radius 2 is 1.94 bits per heavy atom. The third kappa shape index (κ3) is 4.70. The Morgan fingerprint density at radius 3 is 2.41 bits per heavy atom. The first kappa shape index (κ1) is 13.3. The number of halogens is 1. The maximum atomic E-state index is 11.5. The first-order chi connectivity index (χ1) is 7.99. The molecule has 5 heteroatoms. The summed E-state index contributed by atoms with van der Waals surface area (Å²) in [4.78, 5) is 22.3. The summed E-state index contributed by atoms with van der Waals surface area (Å²) in [5.41, 5.74) is 1.01. The molecule has 0 bridgehead atoms. The van der Waals surface area contributed by atoms with Gasteiger partial charge in [-0.3, -0.25) is 4.79 Å². The van der Waals surface area contributed by atoms with E-state index < -0.39 is 5.97 Å². The van der Waals surface area contributed by atoms with Gasteiger partial charge in [0.1, 0.15) is 6.61 Å². The van der Waals surface area contributed by atoms with Gasteiger partial charge in [0, 0.05) is 17.6 Å². The maximum Gasteiger partial charge on any atom is 0.338 e. The summed E-state index contributed by atoms with van der Waals surface area (Å²) in [6.07, 6.45) is 0. The van der Waals surface area contributed by atoms with Crippen molar-refractivity contribution < 1.29 is 14.3 Å². The smallest absolute Gasteiger partial charge is 0.338 e. The number of carbonyl (C=O) groups is 2. The van der Waals surface area contributed by atoms with Crippen LogP contribution in [0.5, 0.6) is 0 Å². The molecule has 0 unspecified atom stereocenters. The van der Waals surface area contributed by atoms with E-state index in [2.05, 4.69) is 11.9 Å². The number of benzene rings is 1. The minimum atomic E-state index is -0.485. The molecule has 0 spiro atoms. The molecular formula is C12H12ClNO3. The van der Waals surface area contributed by atoms with E-state index in [4.69, 9.17) is 16.3 Å². The molecule has 0 aliphatic rings. The summed E-state index contributed by atoms with van der Waals surface area (Å²) >= 11 is 5.47. The second-order valence-electron chi connectivity index (χ2n) is 3.35. The molecule has 4 nitrogen and oxygen atoms in total. The molecule has 0 aliphatic carbocycles. The standard InChI is InChI=1S/C12H12ClNO3/c1-8(13)7-17-12(16)10-3-5-11(6-4-10)14-9(2)15/h3-6H,1,7H2,2H3,(H,14,15). The predicted octanol–water partition coefficient (Wildman–Crippen LogP) is 2.55. The van der Waals surface area contributed by atoms with Crippen molar-refractivity contribution in [3.05, 3.63) is 41.4 Å². The minimum absolute atomic E-state index is 0.0200. The monoisotopic (exact) mass is 253 g/mol. The van der Waals surface area contributed by atoms with Crippen LogP contribution in [0.25, 0.3) is 0 Å². The van der Waals surface area contributed by atoms with Crippen molar-refractivity contribution in [3.63, 3.8) is 0 Å². The van der Waals surface area contributed by atoms with Gasteiger partial charge in [0.25, 0.3) is 0 Å². The van der Waals surface area contributed by atoms with E-state index in [1.54, 1.807) is 24.3 Å². The van der Waals surface area contributed by atoms with Crippen LogP contribution in [0.2, 0.25) is 0 Å². The second-order valence-corrected chi connectivity index (χ2v) is 3.89. The van der Waals surface area contributed by atoms with Crippen molar-refractivity contribution in [1.82, 2.24) is 0 Å². The molecule has 0 radical (unpaired) electrons. The lowest BCUT2D eigenvalue weighted by molar-refractivity contribution is -0.114. The third-order valence-corrected chi connectivity index (χ3v) is 1.91. The third-order valence-electron chi connectivity index (χ3n) is 1.80. The fraction of sp³-hybridized carbons (Fsp3) is 0.167. The Labute approximate surface area is 104 Å². The second kappa shape index (κ2) is 6.06. The van der Waals surface area contributed by atoms with Gasteiger partial charge in [0.15, 0.2) is 0 Å². The molecule has 0 aromatic heterocycles. The van der Waals surface area contributed by atoms with Crippen molar-refractivity contribution in [1.29, 1.82) is 0 Å². The topological polar surface area (TPSA) is 55.4 Å². The number of anilines is 1. The molecule has 17 heavy (non-hydrogen) atoms. The zero-order valence-corrected chi connectivity index (χ0v) is 10.1. The summed E-state index contributed by atoms with van der Waals surface area (Å²) in [7, 11) is 0. The van der Waals surface area contributed by atoms with E-state index in [-0.39, 0.29) is 17.5 Å². The number of rotatable bonds is 4. The van der Waals surface area contributed by atoms with E-state index in [9.17, 15) is 9.59 Å². The first-order valence-corrected chi connectivity index (χ1v) is 5.25. The molecule has 1 aromatic carbocycles. The lowest BCUT2D eigenvalue weighted by Crippen LogP contribution is -2.08. The Bertz CT molecular complexity index is 440. The highest BCUT2D eigenvalue weighted by Gasteiger charge is 2.07. The molecule has 0 saturated heterocycles. The minimum Gasteiger partial charge on any atom is -0.456 e. The SMILES string of the molecule is C=C(Cl)COC(=O)c1ccc(NC(C)=O)cc1. The van der Waals surface area contributed by atoms with Crippen LogP contribution < -0.4 is 5.32 Å². The maximum absolute atomic E-state index is 11.5. The van der Waals surface area contributed by atoms with Gasteiger partial charge in [0.05, 0.1) is 5.56 Å². The molecule has 0 aliphatic heterocycles. The molecule has 0 fully saturated rings. The lowest BCUT2D eigenvalue weighted by Gasteiger charge is -2.05. The van der Waals surface area contributed by atoms with Crippen LogP contribution in [0.4, 0.5) is 5.69 Å². The van der Waals surface area contributed by atoms with Gasteiger partial charge >= 0.3 is 5.97 Å². The number of hydrogen-bond acceptors (Lipinski definition) is 3. The molecule has 1 rings (SSSR count). The van der Waals surface area contributed by atoms with Gasteiger partial charge in [-0.05, 0) is 24.3 Å². The van der Waals surface area contributed by atoms with Gasteiger partial charge < -0.3 is 10.1 Å². The Balaban J connectivity index is 2.63.